The molecular formula is C16H23N5O3. The minimum atomic E-state index is -0.167. The molecule has 1 aromatic heterocycles. The van der Waals surface area contributed by atoms with Crippen LogP contribution in [0.5, 0.6) is 0 Å². The predicted octanol–water partition coefficient (Wildman–Crippen LogP) is -0.613. The van der Waals surface area contributed by atoms with E-state index in [1.165, 1.54) is 18.6 Å². The molecule has 2 aliphatic rings. The Bertz CT molecular complexity index is 556. The first-order valence-electron chi connectivity index (χ1n) is 8.37. The zero-order chi connectivity index (χ0) is 16.8. The minimum absolute atomic E-state index is 0.0279. The van der Waals surface area contributed by atoms with Gasteiger partial charge in [-0.25, -0.2) is 4.98 Å². The molecule has 0 aliphatic carbocycles. The molecule has 1 aromatic rings. The van der Waals surface area contributed by atoms with Crippen LogP contribution < -0.4 is 5.32 Å². The van der Waals surface area contributed by atoms with Crippen molar-refractivity contribution in [3.05, 3.63) is 24.3 Å². The van der Waals surface area contributed by atoms with Crippen LogP contribution in [0, 0.1) is 5.92 Å². The number of aromatic nitrogens is 2. The molecule has 0 bridgehead atoms. The average Bonchev–Trinajstić information content (AvgIpc) is 2.59. The summed E-state index contributed by atoms with van der Waals surface area (Å²) in [6, 6.07) is 0. The van der Waals surface area contributed by atoms with Gasteiger partial charge in [-0.15, -0.1) is 0 Å². The lowest BCUT2D eigenvalue weighted by atomic mass is 9.98. The third-order valence-corrected chi connectivity index (χ3v) is 4.38. The highest BCUT2D eigenvalue weighted by atomic mass is 16.5. The number of hydrogen-bond donors (Lipinski definition) is 1. The fourth-order valence-corrected chi connectivity index (χ4v) is 2.87. The van der Waals surface area contributed by atoms with Gasteiger partial charge in [-0.05, 0) is 13.0 Å². The van der Waals surface area contributed by atoms with Crippen LogP contribution in [0.4, 0.5) is 0 Å². The molecule has 8 heteroatoms. The fraction of sp³-hybridized carbons (Fsp3) is 0.625. The second-order valence-electron chi connectivity index (χ2n) is 6.10. The molecule has 0 radical (unpaired) electrons. The number of likely N-dealkylation sites (tertiary alicyclic amines) is 1. The van der Waals surface area contributed by atoms with Crippen LogP contribution in [0.25, 0.3) is 0 Å². The predicted molar refractivity (Wildman–Crippen MR) is 86.3 cm³/mol. The maximum Gasteiger partial charge on any atom is 0.274 e. The van der Waals surface area contributed by atoms with Crippen molar-refractivity contribution in [1.82, 2.24) is 25.1 Å². The number of amides is 2. The lowest BCUT2D eigenvalue weighted by Crippen LogP contribution is -2.56. The van der Waals surface area contributed by atoms with E-state index in [0.29, 0.717) is 25.3 Å². The number of ether oxygens (including phenoxy) is 1. The Hall–Kier alpha value is -2.06. The summed E-state index contributed by atoms with van der Waals surface area (Å²) >= 11 is 0. The van der Waals surface area contributed by atoms with Crippen LogP contribution in [0.2, 0.25) is 0 Å². The Labute approximate surface area is 141 Å². The summed E-state index contributed by atoms with van der Waals surface area (Å²) in [5.74, 6) is -0.256. The Morgan fingerprint density at radius 1 is 1.25 bits per heavy atom. The van der Waals surface area contributed by atoms with Crippen molar-refractivity contribution in [3.63, 3.8) is 0 Å². The summed E-state index contributed by atoms with van der Waals surface area (Å²) in [4.78, 5) is 36.0. The molecule has 2 fully saturated rings. The van der Waals surface area contributed by atoms with E-state index in [1.54, 1.807) is 4.90 Å². The second-order valence-corrected chi connectivity index (χ2v) is 6.10. The van der Waals surface area contributed by atoms with E-state index in [-0.39, 0.29) is 17.7 Å². The summed E-state index contributed by atoms with van der Waals surface area (Å²) in [6.45, 7) is 6.08. The largest absolute Gasteiger partial charge is 0.379 e. The Kier molecular flexibility index (Phi) is 5.71. The van der Waals surface area contributed by atoms with Gasteiger partial charge in [-0.3, -0.25) is 19.5 Å². The summed E-state index contributed by atoms with van der Waals surface area (Å²) < 4.78 is 5.31. The molecule has 2 aliphatic heterocycles. The third-order valence-electron chi connectivity index (χ3n) is 4.38. The number of nitrogens with one attached hydrogen (secondary N) is 1. The fourth-order valence-electron chi connectivity index (χ4n) is 2.87. The normalized spacial score (nSPS) is 18.9. The molecule has 0 unspecified atom stereocenters. The third kappa shape index (κ3) is 4.27. The Balaban J connectivity index is 1.31. The number of morpholine rings is 1. The van der Waals surface area contributed by atoms with Crippen LogP contribution in [0.3, 0.4) is 0 Å². The Morgan fingerprint density at radius 2 is 2.04 bits per heavy atom. The van der Waals surface area contributed by atoms with Gasteiger partial charge in [0.2, 0.25) is 5.91 Å². The molecule has 2 amide bonds. The molecule has 3 rings (SSSR count). The first-order chi connectivity index (χ1) is 11.7. The van der Waals surface area contributed by atoms with Crippen molar-refractivity contribution in [3.8, 4) is 0 Å². The second kappa shape index (κ2) is 8.16. The molecule has 8 nitrogen and oxygen atoms in total. The molecule has 3 heterocycles. The first kappa shape index (κ1) is 16.8. The van der Waals surface area contributed by atoms with Gasteiger partial charge in [0.25, 0.3) is 5.91 Å². The summed E-state index contributed by atoms with van der Waals surface area (Å²) in [7, 11) is 0. The lowest BCUT2D eigenvalue weighted by Gasteiger charge is -2.37. The molecule has 0 saturated carbocycles. The van der Waals surface area contributed by atoms with Crippen molar-refractivity contribution < 1.29 is 14.3 Å². The van der Waals surface area contributed by atoms with E-state index in [4.69, 9.17) is 4.74 Å². The van der Waals surface area contributed by atoms with Crippen molar-refractivity contribution in [1.29, 1.82) is 0 Å². The minimum Gasteiger partial charge on any atom is -0.379 e. The highest BCUT2D eigenvalue weighted by Crippen LogP contribution is 2.17. The smallest absolute Gasteiger partial charge is 0.274 e. The van der Waals surface area contributed by atoms with E-state index in [0.717, 1.165) is 39.3 Å². The SMILES string of the molecule is O=C(NCCCN1CCOCC1)C1CN(C(=O)c2cnccn2)C1. The van der Waals surface area contributed by atoms with Crippen LogP contribution >= 0.6 is 0 Å². The van der Waals surface area contributed by atoms with Crippen LogP contribution in [-0.2, 0) is 9.53 Å². The van der Waals surface area contributed by atoms with Gasteiger partial charge >= 0.3 is 0 Å². The highest BCUT2D eigenvalue weighted by molar-refractivity contribution is 5.94. The topological polar surface area (TPSA) is 87.7 Å². The number of carbonyl (C=O) groups is 2. The van der Waals surface area contributed by atoms with Crippen molar-refractivity contribution >= 4 is 11.8 Å². The molecule has 24 heavy (non-hydrogen) atoms. The standard InChI is InChI=1S/C16H23N5O3/c22-15(19-2-1-5-20-6-8-24-9-7-20)13-11-21(12-13)16(23)14-10-17-3-4-18-14/h3-4,10,13H,1-2,5-9,11-12H2,(H,19,22). The monoisotopic (exact) mass is 333 g/mol. The molecule has 0 spiro atoms. The molecule has 0 atom stereocenters. The lowest BCUT2D eigenvalue weighted by molar-refractivity contribution is -0.129. The zero-order valence-electron chi connectivity index (χ0n) is 13.7. The summed E-state index contributed by atoms with van der Waals surface area (Å²) in [5, 5.41) is 2.96. The highest BCUT2D eigenvalue weighted by Gasteiger charge is 2.36. The maximum absolute atomic E-state index is 12.1. The molecule has 2 saturated heterocycles. The molecule has 1 N–H and O–H groups in total. The van der Waals surface area contributed by atoms with Crippen molar-refractivity contribution in [2.75, 3.05) is 52.5 Å². The van der Waals surface area contributed by atoms with E-state index in [2.05, 4.69) is 20.2 Å². The van der Waals surface area contributed by atoms with Gasteiger partial charge in [0.05, 0.1) is 25.3 Å². The number of nitrogens with zero attached hydrogens (tertiary/aromatic N) is 4. The molecular weight excluding hydrogens is 310 g/mol. The van der Waals surface area contributed by atoms with E-state index in [1.807, 2.05) is 0 Å². The van der Waals surface area contributed by atoms with Crippen molar-refractivity contribution in [2.45, 2.75) is 6.42 Å². The summed E-state index contributed by atoms with van der Waals surface area (Å²) in [6.07, 6.45) is 5.40. The van der Waals surface area contributed by atoms with Crippen LogP contribution in [0.15, 0.2) is 18.6 Å². The van der Waals surface area contributed by atoms with Gasteiger partial charge in [0.1, 0.15) is 5.69 Å². The van der Waals surface area contributed by atoms with E-state index >= 15 is 0 Å². The first-order valence-corrected chi connectivity index (χ1v) is 8.37. The van der Waals surface area contributed by atoms with Crippen LogP contribution in [0.1, 0.15) is 16.9 Å². The van der Waals surface area contributed by atoms with Gasteiger partial charge in [-0.1, -0.05) is 0 Å². The van der Waals surface area contributed by atoms with E-state index < -0.39 is 0 Å². The van der Waals surface area contributed by atoms with Crippen LogP contribution in [-0.4, -0.2) is 84.1 Å². The number of hydrogen-bond acceptors (Lipinski definition) is 6. The van der Waals surface area contributed by atoms with E-state index in [9.17, 15) is 9.59 Å². The quantitative estimate of drug-likeness (QED) is 0.699. The maximum atomic E-state index is 12.1. The number of carbonyl (C=O) groups excluding carboxylic acids is 2. The molecule has 0 aromatic carbocycles. The van der Waals surface area contributed by atoms with Gasteiger partial charge < -0.3 is 15.0 Å². The zero-order valence-corrected chi connectivity index (χ0v) is 13.7. The van der Waals surface area contributed by atoms with Gasteiger partial charge in [-0.2, -0.15) is 0 Å². The van der Waals surface area contributed by atoms with Gasteiger partial charge in [0, 0.05) is 45.1 Å². The van der Waals surface area contributed by atoms with Gasteiger partial charge in [0.15, 0.2) is 0 Å². The Morgan fingerprint density at radius 3 is 2.75 bits per heavy atom. The average molecular weight is 333 g/mol. The molecule has 130 valence electrons. The summed E-state index contributed by atoms with van der Waals surface area (Å²) in [5.41, 5.74) is 0.321. The van der Waals surface area contributed by atoms with Crippen molar-refractivity contribution in [2.24, 2.45) is 5.92 Å². The number of rotatable bonds is 6.